The summed E-state index contributed by atoms with van der Waals surface area (Å²) in [5.74, 6) is 0.611. The molecule has 2 aromatic carbocycles. The first-order valence-corrected chi connectivity index (χ1v) is 14.6. The van der Waals surface area contributed by atoms with Gasteiger partial charge < -0.3 is 4.90 Å². The summed E-state index contributed by atoms with van der Waals surface area (Å²) in [6, 6.07) is 5.72. The second kappa shape index (κ2) is 12.1. The number of nitrogens with zero attached hydrogens (tertiary/aromatic N) is 4. The molecule has 1 aliphatic heterocycles. The third-order valence-corrected chi connectivity index (χ3v) is 8.75. The quantitative estimate of drug-likeness (QED) is 0.0930. The Morgan fingerprint density at radius 3 is 2.17 bits per heavy atom. The van der Waals surface area contributed by atoms with Crippen LogP contribution in [0.5, 0.6) is 0 Å². The number of nitrogens with one attached hydrogen (secondary N) is 1. The Morgan fingerprint density at radius 2 is 1.55 bits per heavy atom. The van der Waals surface area contributed by atoms with Crippen LogP contribution in [0, 0.1) is 5.92 Å². The molecule has 2 aliphatic carbocycles. The van der Waals surface area contributed by atoms with E-state index < -0.39 is 29.5 Å². The smallest absolute Gasteiger partial charge is 0.371 e. The van der Waals surface area contributed by atoms with Gasteiger partial charge in [0.15, 0.2) is 0 Å². The van der Waals surface area contributed by atoms with Gasteiger partial charge in [0.05, 0.1) is 24.7 Å². The summed E-state index contributed by atoms with van der Waals surface area (Å²) in [5, 5.41) is 7.43. The number of nitrogens with two attached hydrogens (primary N) is 1. The van der Waals surface area contributed by atoms with Gasteiger partial charge in [0, 0.05) is 24.3 Å². The normalized spacial score (nSPS) is 20.5. The lowest BCUT2D eigenvalue weighted by Gasteiger charge is -2.30. The van der Waals surface area contributed by atoms with E-state index >= 15 is 0 Å². The van der Waals surface area contributed by atoms with Gasteiger partial charge in [0.1, 0.15) is 6.04 Å². The molecule has 1 fully saturated rings. The summed E-state index contributed by atoms with van der Waals surface area (Å²) >= 11 is 0. The maximum Gasteiger partial charge on any atom is 0.416 e. The number of anilines is 1. The van der Waals surface area contributed by atoms with Crippen molar-refractivity contribution in [3.63, 3.8) is 0 Å². The van der Waals surface area contributed by atoms with Crippen molar-refractivity contribution in [2.45, 2.75) is 82.7 Å². The number of rotatable bonds is 6. The number of hydrogen-bond acceptors (Lipinski definition) is 3. The Kier molecular flexibility index (Phi) is 8.71. The fourth-order valence-corrected chi connectivity index (χ4v) is 6.78. The standard InChI is InChI=1S/C30H36F6N6/c1-38-40-39-28(37)42(18-20-12-23(29(31,32)33)16-24(13-20)30(34,35)36)26-10-5-11-41(17-19-6-2-3-7-19)27-15-22-9-4-8-21(22)14-25(26)27/h12-16,19,26H,2-11,17-18H2,1H3,(H2,37,38,39)/p+1/t26-/m0/s1. The third kappa shape index (κ3) is 6.67. The summed E-state index contributed by atoms with van der Waals surface area (Å²) in [7, 11) is 1.43. The molecule has 0 unspecified atom stereocenters. The third-order valence-electron chi connectivity index (χ3n) is 8.75. The maximum atomic E-state index is 13.7. The van der Waals surface area contributed by atoms with Crippen molar-refractivity contribution in [1.82, 2.24) is 5.43 Å². The zero-order valence-corrected chi connectivity index (χ0v) is 23.7. The molecular formula is C30H37F6N6+. The van der Waals surface area contributed by atoms with E-state index in [1.165, 1.54) is 43.9 Å². The lowest BCUT2D eigenvalue weighted by Crippen LogP contribution is -2.39. The van der Waals surface area contributed by atoms with E-state index in [4.69, 9.17) is 5.73 Å². The van der Waals surface area contributed by atoms with Crippen molar-refractivity contribution in [2.75, 3.05) is 25.0 Å². The first-order valence-electron chi connectivity index (χ1n) is 14.6. The van der Waals surface area contributed by atoms with Crippen LogP contribution in [0.3, 0.4) is 0 Å². The molecule has 1 atom stereocenters. The minimum absolute atomic E-state index is 0.00672. The zero-order chi connectivity index (χ0) is 30.1. The van der Waals surface area contributed by atoms with Gasteiger partial charge in [-0.25, -0.2) is 0 Å². The highest BCUT2D eigenvalue weighted by atomic mass is 19.4. The number of benzene rings is 2. The molecule has 3 N–H and O–H groups in total. The highest BCUT2D eigenvalue weighted by Gasteiger charge is 2.38. The average Bonchev–Trinajstić information content (AvgIpc) is 3.59. The Labute approximate surface area is 241 Å². The highest BCUT2D eigenvalue weighted by molar-refractivity contribution is 5.72. The lowest BCUT2D eigenvalue weighted by atomic mass is 9.95. The van der Waals surface area contributed by atoms with E-state index in [1.54, 1.807) is 4.58 Å². The van der Waals surface area contributed by atoms with Crippen molar-refractivity contribution < 1.29 is 30.9 Å². The van der Waals surface area contributed by atoms with Gasteiger partial charge in [0.25, 0.3) is 0 Å². The summed E-state index contributed by atoms with van der Waals surface area (Å²) in [6.07, 6.45) is -0.679. The number of alkyl halides is 6. The number of fused-ring (bicyclic) bond motifs is 2. The summed E-state index contributed by atoms with van der Waals surface area (Å²) in [4.78, 5) is 2.43. The minimum atomic E-state index is -4.94. The molecule has 42 heavy (non-hydrogen) atoms. The molecule has 3 aliphatic rings. The van der Waals surface area contributed by atoms with Gasteiger partial charge in [-0.1, -0.05) is 12.8 Å². The minimum Gasteiger partial charge on any atom is -0.371 e. The van der Waals surface area contributed by atoms with Crippen LogP contribution in [0.25, 0.3) is 0 Å². The molecule has 0 radical (unpaired) electrons. The van der Waals surface area contributed by atoms with E-state index in [2.05, 4.69) is 32.8 Å². The molecule has 0 aromatic heterocycles. The molecule has 0 amide bonds. The highest BCUT2D eigenvalue weighted by Crippen LogP contribution is 2.42. The van der Waals surface area contributed by atoms with Gasteiger partial charge in [-0.05, 0) is 103 Å². The fourth-order valence-electron chi connectivity index (χ4n) is 6.78. The van der Waals surface area contributed by atoms with Crippen LogP contribution in [-0.4, -0.2) is 30.7 Å². The first kappa shape index (κ1) is 30.2. The Hall–Kier alpha value is -3.31. The molecule has 1 saturated carbocycles. The summed E-state index contributed by atoms with van der Waals surface area (Å²) < 4.78 is 83.8. The van der Waals surface area contributed by atoms with E-state index in [0.29, 0.717) is 12.3 Å². The van der Waals surface area contributed by atoms with E-state index in [-0.39, 0.29) is 24.1 Å². The topological polar surface area (TPSA) is 69.0 Å². The molecule has 5 rings (SSSR count). The van der Waals surface area contributed by atoms with Gasteiger partial charge in [-0.3, -0.25) is 10.3 Å². The van der Waals surface area contributed by atoms with Crippen LogP contribution in [-0.2, 0) is 31.7 Å². The monoisotopic (exact) mass is 595 g/mol. The van der Waals surface area contributed by atoms with Crippen molar-refractivity contribution in [2.24, 2.45) is 22.0 Å². The maximum absolute atomic E-state index is 13.7. The van der Waals surface area contributed by atoms with Gasteiger partial charge >= 0.3 is 18.3 Å². The largest absolute Gasteiger partial charge is 0.416 e. The molecule has 228 valence electrons. The van der Waals surface area contributed by atoms with E-state index in [9.17, 15) is 26.3 Å². The second-order valence-corrected chi connectivity index (χ2v) is 11.6. The van der Waals surface area contributed by atoms with E-state index in [1.807, 2.05) is 0 Å². The van der Waals surface area contributed by atoms with E-state index in [0.717, 1.165) is 62.2 Å². The number of halogens is 6. The van der Waals surface area contributed by atoms with Crippen molar-refractivity contribution in [3.8, 4) is 0 Å². The van der Waals surface area contributed by atoms with Crippen molar-refractivity contribution in [1.29, 1.82) is 0 Å². The number of aryl methyl sites for hydroxylation is 2. The number of guanidine groups is 1. The summed E-state index contributed by atoms with van der Waals surface area (Å²) in [6.45, 7) is 1.47. The lowest BCUT2D eigenvalue weighted by molar-refractivity contribution is -0.591. The predicted octanol–water partition coefficient (Wildman–Crippen LogP) is 7.16. The molecule has 2 aromatic rings. The Balaban J connectivity index is 1.61. The molecule has 1 heterocycles. The van der Waals surface area contributed by atoms with Crippen LogP contribution in [0.15, 0.2) is 40.7 Å². The van der Waals surface area contributed by atoms with Crippen molar-refractivity contribution >= 4 is 11.6 Å². The molecule has 6 nitrogen and oxygen atoms in total. The molecule has 0 bridgehead atoms. The van der Waals surface area contributed by atoms with Crippen molar-refractivity contribution in [3.05, 3.63) is 63.7 Å². The predicted molar refractivity (Wildman–Crippen MR) is 148 cm³/mol. The van der Waals surface area contributed by atoms with Gasteiger partial charge in [-0.15, -0.1) is 5.43 Å². The Bertz CT molecular complexity index is 1310. The SMILES string of the molecule is CN=NNC(N)=[N+](Cc1cc(C(F)(F)F)cc(C(F)(F)F)c1)[C@H]1CCCN(CC2CCCC2)c2cc3c(cc21)CCC3. The van der Waals surface area contributed by atoms with Crippen LogP contribution < -0.4 is 16.1 Å². The zero-order valence-electron chi connectivity index (χ0n) is 23.7. The summed E-state index contributed by atoms with van der Waals surface area (Å²) in [5.41, 5.74) is 10.8. The van der Waals surface area contributed by atoms with Crippen LogP contribution in [0.1, 0.15) is 84.4 Å². The first-order chi connectivity index (χ1) is 19.9. The fraction of sp³-hybridized carbons (Fsp3) is 0.567. The molecular weight excluding hydrogens is 558 g/mol. The second-order valence-electron chi connectivity index (χ2n) is 11.6. The molecule has 0 saturated heterocycles. The van der Waals surface area contributed by atoms with Crippen LogP contribution in [0.2, 0.25) is 0 Å². The Morgan fingerprint density at radius 1 is 0.905 bits per heavy atom. The molecule has 12 heteroatoms. The average molecular weight is 596 g/mol. The van der Waals surface area contributed by atoms with Crippen LogP contribution >= 0.6 is 0 Å². The van der Waals surface area contributed by atoms with Gasteiger partial charge in [0.2, 0.25) is 0 Å². The van der Waals surface area contributed by atoms with Crippen LogP contribution in [0.4, 0.5) is 32.0 Å². The molecule has 0 spiro atoms. The number of hydrogen-bond donors (Lipinski definition) is 2. The van der Waals surface area contributed by atoms with Gasteiger partial charge in [-0.2, -0.15) is 31.5 Å².